The van der Waals surface area contributed by atoms with Gasteiger partial charge in [0, 0.05) is 11.8 Å². The van der Waals surface area contributed by atoms with Crippen molar-refractivity contribution in [2.45, 2.75) is 44.9 Å². The summed E-state index contributed by atoms with van der Waals surface area (Å²) in [4.78, 5) is 0. The molecule has 0 aromatic heterocycles. The number of fused-ring (bicyclic) bond motifs is 1. The third-order valence-electron chi connectivity index (χ3n) is 9.01. The van der Waals surface area contributed by atoms with E-state index in [0.29, 0.717) is 23.7 Å². The van der Waals surface area contributed by atoms with Crippen LogP contribution < -0.4 is 0 Å². The van der Waals surface area contributed by atoms with Gasteiger partial charge in [-0.1, -0.05) is 166 Å². The van der Waals surface area contributed by atoms with Crippen molar-refractivity contribution in [1.29, 1.82) is 0 Å². The zero-order chi connectivity index (χ0) is 28.3. The minimum Gasteiger partial charge on any atom is -0.0992 e. The van der Waals surface area contributed by atoms with Crippen LogP contribution in [0.25, 0.3) is 5.57 Å². The maximum atomic E-state index is 4.68. The van der Waals surface area contributed by atoms with Crippen LogP contribution in [0.2, 0.25) is 0 Å². The Labute approximate surface area is 246 Å². The number of hydrogen-bond donors (Lipinski definition) is 0. The predicted molar refractivity (Wildman–Crippen MR) is 175 cm³/mol. The van der Waals surface area contributed by atoms with Gasteiger partial charge in [0.2, 0.25) is 0 Å². The molecular weight excluding hydrogens is 492 g/mol. The fourth-order valence-electron chi connectivity index (χ4n) is 6.81. The Morgan fingerprint density at radius 2 is 1.37 bits per heavy atom. The van der Waals surface area contributed by atoms with Crippen molar-refractivity contribution < 1.29 is 0 Å². The Hall–Kier alpha value is -4.16. The highest BCUT2D eigenvalue weighted by Crippen LogP contribution is 2.48. The van der Waals surface area contributed by atoms with Crippen LogP contribution in [-0.2, 0) is 6.42 Å². The topological polar surface area (TPSA) is 0 Å². The molecule has 0 fully saturated rings. The van der Waals surface area contributed by atoms with Crippen molar-refractivity contribution in [3.63, 3.8) is 0 Å². The molecule has 0 radical (unpaired) electrons. The van der Waals surface area contributed by atoms with Crippen molar-refractivity contribution in [3.05, 3.63) is 185 Å². The smallest absolute Gasteiger partial charge is 0.0216 e. The van der Waals surface area contributed by atoms with Crippen molar-refractivity contribution in [3.8, 4) is 0 Å². The molecule has 0 bridgehead atoms. The summed E-state index contributed by atoms with van der Waals surface area (Å²) in [6.07, 6.45) is 10.6. The van der Waals surface area contributed by atoms with Crippen LogP contribution >= 0.6 is 0 Å². The van der Waals surface area contributed by atoms with Crippen LogP contribution in [0, 0.1) is 11.8 Å². The Kier molecular flexibility index (Phi) is 7.75. The summed E-state index contributed by atoms with van der Waals surface area (Å²) < 4.78 is 0. The first kappa shape index (κ1) is 27.0. The van der Waals surface area contributed by atoms with Gasteiger partial charge < -0.3 is 0 Å². The molecular formula is C41H40. The molecule has 4 aromatic carbocycles. The number of hydrogen-bond acceptors (Lipinski definition) is 0. The highest BCUT2D eigenvalue weighted by Gasteiger charge is 2.36. The van der Waals surface area contributed by atoms with E-state index in [0.717, 1.165) is 6.42 Å². The second kappa shape index (κ2) is 11.8. The zero-order valence-corrected chi connectivity index (χ0v) is 24.5. The van der Waals surface area contributed by atoms with Crippen LogP contribution in [0.3, 0.4) is 0 Å². The van der Waals surface area contributed by atoms with E-state index in [9.17, 15) is 0 Å². The van der Waals surface area contributed by atoms with Crippen molar-refractivity contribution in [2.75, 3.05) is 0 Å². The highest BCUT2D eigenvalue weighted by atomic mass is 14.4. The first-order valence-electron chi connectivity index (χ1n) is 15.1. The van der Waals surface area contributed by atoms with Gasteiger partial charge in [-0.3, -0.25) is 0 Å². The van der Waals surface area contributed by atoms with E-state index in [1.165, 1.54) is 50.1 Å². The molecule has 0 aliphatic heterocycles. The standard InChI is InChI=1S/C41H40/c1-28(2)34-22-23-35-24-30(4)40(41(39(35)26-34)33-18-12-7-13-19-33)29(3)20-21-36-25-37(31-14-8-5-9-15-31)27-38(36)32-16-10-6-11-17-32/h5-23,25-29,37,40-41H,4,24H2,1-3H3/b21-20+. The maximum Gasteiger partial charge on any atom is 0.0216 e. The fraction of sp³-hybridized carbons (Fsp3) is 0.220. The van der Waals surface area contributed by atoms with E-state index in [2.05, 4.69) is 161 Å². The molecule has 2 aliphatic carbocycles. The summed E-state index contributed by atoms with van der Waals surface area (Å²) in [7, 11) is 0. The SMILES string of the molecule is C=C1Cc2ccc(C(C)C)cc2C(c2ccccc2)C1C(C)/C=C/C1=CC(c2ccccc2)C=C1c1ccccc1. The number of allylic oxidation sites excluding steroid dienone is 7. The molecule has 0 spiro atoms. The lowest BCUT2D eigenvalue weighted by molar-refractivity contribution is 0.414. The van der Waals surface area contributed by atoms with Gasteiger partial charge in [-0.2, -0.15) is 0 Å². The molecule has 0 saturated carbocycles. The summed E-state index contributed by atoms with van der Waals surface area (Å²) in [6.45, 7) is 11.7. The Morgan fingerprint density at radius 1 is 0.732 bits per heavy atom. The second-order valence-electron chi connectivity index (χ2n) is 12.1. The first-order chi connectivity index (χ1) is 20.0. The van der Waals surface area contributed by atoms with Gasteiger partial charge in [0.1, 0.15) is 0 Å². The summed E-state index contributed by atoms with van der Waals surface area (Å²) in [6, 6.07) is 39.9. The molecule has 0 N–H and O–H groups in total. The number of benzene rings is 4. The minimum absolute atomic E-state index is 0.282. The zero-order valence-electron chi connectivity index (χ0n) is 24.5. The lowest BCUT2D eigenvalue weighted by atomic mass is 9.65. The lowest BCUT2D eigenvalue weighted by Gasteiger charge is -2.39. The van der Waals surface area contributed by atoms with Crippen LogP contribution in [0.5, 0.6) is 0 Å². The van der Waals surface area contributed by atoms with Crippen molar-refractivity contribution in [1.82, 2.24) is 0 Å². The van der Waals surface area contributed by atoms with Gasteiger partial charge in [0.15, 0.2) is 0 Å². The third kappa shape index (κ3) is 5.57. The molecule has 0 heteroatoms. The minimum atomic E-state index is 0.282. The molecule has 41 heavy (non-hydrogen) atoms. The summed E-state index contributed by atoms with van der Waals surface area (Å²) in [5.41, 5.74) is 12.3. The molecule has 4 atom stereocenters. The van der Waals surface area contributed by atoms with Gasteiger partial charge in [-0.15, -0.1) is 0 Å². The predicted octanol–water partition coefficient (Wildman–Crippen LogP) is 10.7. The summed E-state index contributed by atoms with van der Waals surface area (Å²) in [5.74, 6) is 1.75. The maximum absolute atomic E-state index is 4.68. The van der Waals surface area contributed by atoms with Crippen LogP contribution in [0.4, 0.5) is 0 Å². The van der Waals surface area contributed by atoms with Gasteiger partial charge in [0.25, 0.3) is 0 Å². The van der Waals surface area contributed by atoms with Gasteiger partial charge in [-0.25, -0.2) is 0 Å². The quantitative estimate of drug-likeness (QED) is 0.208. The first-order valence-corrected chi connectivity index (χ1v) is 15.1. The number of rotatable bonds is 7. The molecule has 0 nitrogen and oxygen atoms in total. The van der Waals surface area contributed by atoms with Gasteiger partial charge >= 0.3 is 0 Å². The van der Waals surface area contributed by atoms with E-state index < -0.39 is 0 Å². The van der Waals surface area contributed by atoms with E-state index in [1.807, 2.05) is 0 Å². The Morgan fingerprint density at radius 3 is 2.02 bits per heavy atom. The van der Waals surface area contributed by atoms with Crippen LogP contribution in [-0.4, -0.2) is 0 Å². The molecule has 4 aromatic rings. The van der Waals surface area contributed by atoms with Gasteiger partial charge in [0.05, 0.1) is 0 Å². The summed E-state index contributed by atoms with van der Waals surface area (Å²) in [5, 5.41) is 0. The molecule has 2 aliphatic rings. The monoisotopic (exact) mass is 532 g/mol. The molecule has 4 unspecified atom stereocenters. The van der Waals surface area contributed by atoms with Crippen molar-refractivity contribution >= 4 is 5.57 Å². The van der Waals surface area contributed by atoms with E-state index >= 15 is 0 Å². The van der Waals surface area contributed by atoms with E-state index in [4.69, 9.17) is 0 Å². The molecule has 0 amide bonds. The highest BCUT2D eigenvalue weighted by molar-refractivity contribution is 5.85. The molecule has 6 rings (SSSR count). The second-order valence-corrected chi connectivity index (χ2v) is 12.1. The Bertz CT molecular complexity index is 1600. The van der Waals surface area contributed by atoms with Gasteiger partial charge in [-0.05, 0) is 68.7 Å². The van der Waals surface area contributed by atoms with E-state index in [-0.39, 0.29) is 5.92 Å². The van der Waals surface area contributed by atoms with Crippen molar-refractivity contribution in [2.24, 2.45) is 11.8 Å². The molecule has 0 saturated heterocycles. The molecule has 0 heterocycles. The lowest BCUT2D eigenvalue weighted by Crippen LogP contribution is -2.28. The largest absolute Gasteiger partial charge is 0.0992 e. The van der Waals surface area contributed by atoms with Crippen LogP contribution in [0.15, 0.2) is 151 Å². The summed E-state index contributed by atoms with van der Waals surface area (Å²) >= 11 is 0. The third-order valence-corrected chi connectivity index (χ3v) is 9.01. The Balaban J connectivity index is 1.37. The average Bonchev–Trinajstić information content (AvgIpc) is 3.44. The van der Waals surface area contributed by atoms with Crippen LogP contribution in [0.1, 0.15) is 71.9 Å². The normalized spacial score (nSPS) is 21.1. The average molecular weight is 533 g/mol. The fourth-order valence-corrected chi connectivity index (χ4v) is 6.81. The van der Waals surface area contributed by atoms with E-state index in [1.54, 1.807) is 0 Å². The molecule has 204 valence electrons.